The Morgan fingerprint density at radius 3 is 2.26 bits per heavy atom. The molecule has 0 N–H and O–H groups in total. The Morgan fingerprint density at radius 1 is 1.13 bits per heavy atom. The van der Waals surface area contributed by atoms with E-state index in [0.717, 1.165) is 0 Å². The highest BCUT2D eigenvalue weighted by molar-refractivity contribution is 7.12. The van der Waals surface area contributed by atoms with Gasteiger partial charge in [0.1, 0.15) is 11.5 Å². The van der Waals surface area contributed by atoms with Crippen LogP contribution in [0.2, 0.25) is 0 Å². The predicted octanol–water partition coefficient (Wildman–Crippen LogP) is 5.52. The largest absolute Gasteiger partial charge is 0.460 e. The van der Waals surface area contributed by atoms with Crippen molar-refractivity contribution in [2.24, 2.45) is 5.41 Å². The molecule has 0 amide bonds. The molecule has 1 heterocycles. The molecule has 124 valence electrons. The minimum Gasteiger partial charge on any atom is -0.460 e. The fourth-order valence-electron chi connectivity index (χ4n) is 1.91. The zero-order valence-electron chi connectivity index (χ0n) is 13.0. The second kappa shape index (κ2) is 6.35. The van der Waals surface area contributed by atoms with Crippen LogP contribution in [0.4, 0.5) is 13.2 Å². The third-order valence-corrected chi connectivity index (χ3v) is 4.24. The van der Waals surface area contributed by atoms with Crippen molar-refractivity contribution in [2.45, 2.75) is 33.6 Å². The molecule has 0 aliphatic rings. The van der Waals surface area contributed by atoms with Gasteiger partial charge in [-0.15, -0.1) is 11.3 Å². The van der Waals surface area contributed by atoms with Crippen molar-refractivity contribution in [1.82, 2.24) is 0 Å². The number of thiophene rings is 1. The molecule has 6 heteroatoms. The maximum Gasteiger partial charge on any atom is 0.426 e. The Labute approximate surface area is 136 Å². The van der Waals surface area contributed by atoms with Gasteiger partial charge in [0, 0.05) is 10.4 Å². The predicted molar refractivity (Wildman–Crippen MR) is 84.0 cm³/mol. The average Bonchev–Trinajstić information content (AvgIpc) is 2.89. The second-order valence-corrected chi connectivity index (χ2v) is 7.28. The molecule has 23 heavy (non-hydrogen) atoms. The quantitative estimate of drug-likeness (QED) is 0.686. The molecule has 0 aliphatic heterocycles. The zero-order valence-corrected chi connectivity index (χ0v) is 13.8. The number of carbonyl (C=O) groups is 1. The fourth-order valence-corrected chi connectivity index (χ4v) is 2.87. The van der Waals surface area contributed by atoms with Crippen molar-refractivity contribution in [3.05, 3.63) is 46.2 Å². The van der Waals surface area contributed by atoms with Crippen LogP contribution in [0.1, 0.15) is 30.5 Å². The first-order valence-corrected chi connectivity index (χ1v) is 7.83. The standard InChI is InChI=1S/C17H17F3O2S/c1-16(2,3)15(21)22-10-12-9-13(11-7-5-4-6-8-11)14(23-12)17(18,19)20/h4-9H,10H2,1-3H3. The normalized spacial score (nSPS) is 12.3. The van der Waals surface area contributed by atoms with Crippen LogP contribution in [0.15, 0.2) is 36.4 Å². The van der Waals surface area contributed by atoms with E-state index in [0.29, 0.717) is 21.8 Å². The minimum absolute atomic E-state index is 0.116. The fraction of sp³-hybridized carbons (Fsp3) is 0.353. The topological polar surface area (TPSA) is 26.3 Å². The Hall–Kier alpha value is -1.82. The van der Waals surface area contributed by atoms with Gasteiger partial charge >= 0.3 is 12.1 Å². The molecule has 0 spiro atoms. The molecule has 0 aliphatic carbocycles. The molecule has 0 unspecified atom stereocenters. The molecule has 0 bridgehead atoms. The van der Waals surface area contributed by atoms with E-state index in [1.807, 2.05) is 0 Å². The summed E-state index contributed by atoms with van der Waals surface area (Å²) < 4.78 is 44.8. The summed E-state index contributed by atoms with van der Waals surface area (Å²) >= 11 is 0.612. The van der Waals surface area contributed by atoms with Crippen LogP contribution in [-0.4, -0.2) is 5.97 Å². The van der Waals surface area contributed by atoms with Crippen LogP contribution in [-0.2, 0) is 22.3 Å². The number of rotatable bonds is 3. The third kappa shape index (κ3) is 4.34. The van der Waals surface area contributed by atoms with E-state index in [2.05, 4.69) is 0 Å². The maximum atomic E-state index is 13.2. The Bertz CT molecular complexity index is 682. The number of benzene rings is 1. The summed E-state index contributed by atoms with van der Waals surface area (Å²) in [5.41, 5.74) is -0.0822. The molecular formula is C17H17F3O2S. The summed E-state index contributed by atoms with van der Waals surface area (Å²) in [6.07, 6.45) is -4.44. The number of hydrogen-bond acceptors (Lipinski definition) is 3. The molecular weight excluding hydrogens is 325 g/mol. The summed E-state index contributed by atoms with van der Waals surface area (Å²) in [4.78, 5) is 11.5. The summed E-state index contributed by atoms with van der Waals surface area (Å²) in [5.74, 6) is -0.444. The molecule has 2 aromatic rings. The Morgan fingerprint density at radius 2 is 1.74 bits per heavy atom. The number of ether oxygens (including phenoxy) is 1. The number of carbonyl (C=O) groups excluding carboxylic acids is 1. The maximum absolute atomic E-state index is 13.2. The summed E-state index contributed by atoms with van der Waals surface area (Å²) in [7, 11) is 0. The van der Waals surface area contributed by atoms with Crippen LogP contribution in [0, 0.1) is 5.41 Å². The van der Waals surface area contributed by atoms with Crippen LogP contribution in [0.5, 0.6) is 0 Å². The molecule has 2 nitrogen and oxygen atoms in total. The highest BCUT2D eigenvalue weighted by Gasteiger charge is 2.36. The molecule has 0 saturated heterocycles. The van der Waals surface area contributed by atoms with Gasteiger partial charge < -0.3 is 4.74 Å². The van der Waals surface area contributed by atoms with Gasteiger partial charge in [0.15, 0.2) is 0 Å². The van der Waals surface area contributed by atoms with Gasteiger partial charge in [-0.2, -0.15) is 13.2 Å². The Balaban J connectivity index is 2.30. The SMILES string of the molecule is CC(C)(C)C(=O)OCc1cc(-c2ccccc2)c(C(F)(F)F)s1. The van der Waals surface area contributed by atoms with Crippen LogP contribution >= 0.6 is 11.3 Å². The lowest BCUT2D eigenvalue weighted by Gasteiger charge is -2.15. The second-order valence-electron chi connectivity index (χ2n) is 6.15. The first-order chi connectivity index (χ1) is 10.6. The van der Waals surface area contributed by atoms with Crippen molar-refractivity contribution in [2.75, 3.05) is 0 Å². The molecule has 0 radical (unpaired) electrons. The number of halogens is 3. The smallest absolute Gasteiger partial charge is 0.426 e. The lowest BCUT2D eigenvalue weighted by molar-refractivity contribution is -0.154. The zero-order chi connectivity index (χ0) is 17.3. The van der Waals surface area contributed by atoms with Crippen molar-refractivity contribution >= 4 is 17.3 Å². The monoisotopic (exact) mass is 342 g/mol. The molecule has 1 aromatic carbocycles. The highest BCUT2D eigenvalue weighted by atomic mass is 32.1. The lowest BCUT2D eigenvalue weighted by Crippen LogP contribution is -2.22. The molecule has 1 aromatic heterocycles. The van der Waals surface area contributed by atoms with Gasteiger partial charge in [-0.3, -0.25) is 4.79 Å². The Kier molecular flexibility index (Phi) is 4.84. The molecule has 0 fully saturated rings. The van der Waals surface area contributed by atoms with Crippen molar-refractivity contribution in [1.29, 1.82) is 0 Å². The summed E-state index contributed by atoms with van der Waals surface area (Å²) in [5, 5.41) is 0. The van der Waals surface area contributed by atoms with E-state index >= 15 is 0 Å². The van der Waals surface area contributed by atoms with E-state index in [9.17, 15) is 18.0 Å². The number of alkyl halides is 3. The van der Waals surface area contributed by atoms with Crippen molar-refractivity contribution < 1.29 is 22.7 Å². The van der Waals surface area contributed by atoms with E-state index < -0.39 is 22.4 Å². The highest BCUT2D eigenvalue weighted by Crippen LogP contribution is 2.43. The van der Waals surface area contributed by atoms with E-state index in [1.165, 1.54) is 6.07 Å². The first-order valence-electron chi connectivity index (χ1n) is 7.01. The van der Waals surface area contributed by atoms with Gasteiger partial charge in [-0.05, 0) is 32.4 Å². The third-order valence-electron chi connectivity index (χ3n) is 3.08. The van der Waals surface area contributed by atoms with Gasteiger partial charge in [0.05, 0.1) is 5.41 Å². The molecule has 0 atom stereocenters. The van der Waals surface area contributed by atoms with E-state index in [4.69, 9.17) is 4.74 Å². The van der Waals surface area contributed by atoms with Crippen LogP contribution in [0.25, 0.3) is 11.1 Å². The summed E-state index contributed by atoms with van der Waals surface area (Å²) in [6, 6.07) is 9.82. The van der Waals surface area contributed by atoms with Crippen LogP contribution in [0.3, 0.4) is 0 Å². The van der Waals surface area contributed by atoms with Gasteiger partial charge in [0.25, 0.3) is 0 Å². The van der Waals surface area contributed by atoms with E-state index in [-0.39, 0.29) is 12.2 Å². The van der Waals surface area contributed by atoms with E-state index in [1.54, 1.807) is 51.1 Å². The average molecular weight is 342 g/mol. The van der Waals surface area contributed by atoms with Crippen molar-refractivity contribution in [3.63, 3.8) is 0 Å². The first kappa shape index (κ1) is 17.5. The molecule has 0 saturated carbocycles. The summed E-state index contributed by atoms with van der Waals surface area (Å²) in [6.45, 7) is 4.93. The van der Waals surface area contributed by atoms with Crippen LogP contribution < -0.4 is 0 Å². The van der Waals surface area contributed by atoms with Crippen molar-refractivity contribution in [3.8, 4) is 11.1 Å². The minimum atomic E-state index is -4.44. The van der Waals surface area contributed by atoms with Gasteiger partial charge in [-0.1, -0.05) is 30.3 Å². The number of esters is 1. The molecule has 2 rings (SSSR count). The number of hydrogen-bond donors (Lipinski definition) is 0. The van der Waals surface area contributed by atoms with Gasteiger partial charge in [-0.25, -0.2) is 0 Å². The lowest BCUT2D eigenvalue weighted by atomic mass is 9.97. The van der Waals surface area contributed by atoms with Gasteiger partial charge in [0.2, 0.25) is 0 Å².